The number of ketones is 2. The smallest absolute Gasteiger partial charge is 0.196 e. The predicted octanol–water partition coefficient (Wildman–Crippen LogP) is 8.11. The Labute approximate surface area is 255 Å². The fourth-order valence-electron chi connectivity index (χ4n) is 6.73. The highest BCUT2D eigenvalue weighted by atomic mass is 19.1. The van der Waals surface area contributed by atoms with Crippen molar-refractivity contribution in [1.29, 1.82) is 0 Å². The SMILES string of the molecule is CC.N.NCCCN1CCCCC1.O=C1C(C(=O)C2CCCC2)=CC2c3ccc4ccccc4c3Oc3cc(F)cc1c32. The quantitative estimate of drug-likeness (QED) is 0.292. The highest BCUT2D eigenvalue weighted by Gasteiger charge is 2.40. The van der Waals surface area contributed by atoms with E-state index in [9.17, 15) is 14.0 Å². The molecule has 0 amide bonds. The van der Waals surface area contributed by atoms with Crippen LogP contribution in [0.2, 0.25) is 0 Å². The third kappa shape index (κ3) is 6.74. The van der Waals surface area contributed by atoms with Crippen LogP contribution in [0, 0.1) is 11.7 Å². The van der Waals surface area contributed by atoms with Crippen molar-refractivity contribution in [3.63, 3.8) is 0 Å². The lowest BCUT2D eigenvalue weighted by Gasteiger charge is -2.32. The van der Waals surface area contributed by atoms with E-state index in [0.29, 0.717) is 17.1 Å². The molecule has 2 aliphatic carbocycles. The van der Waals surface area contributed by atoms with E-state index in [2.05, 4.69) is 4.90 Å². The molecule has 6 nitrogen and oxygen atoms in total. The van der Waals surface area contributed by atoms with Crippen molar-refractivity contribution in [3.8, 4) is 11.5 Å². The van der Waals surface area contributed by atoms with Crippen LogP contribution in [0.3, 0.4) is 0 Å². The first-order valence-electron chi connectivity index (χ1n) is 15.8. The van der Waals surface area contributed by atoms with Gasteiger partial charge in [-0.1, -0.05) is 75.6 Å². The summed E-state index contributed by atoms with van der Waals surface area (Å²) in [7, 11) is 0. The number of piperidine rings is 1. The van der Waals surface area contributed by atoms with Gasteiger partial charge in [-0.05, 0) is 69.7 Å². The summed E-state index contributed by atoms with van der Waals surface area (Å²) in [5.41, 5.74) is 7.43. The number of hydrogen-bond donors (Lipinski definition) is 2. The third-order valence-corrected chi connectivity index (χ3v) is 8.82. The number of Topliss-reactive ketones (excluding diaryl/α,β-unsaturated/α-hetero) is 2. The van der Waals surface area contributed by atoms with Crippen molar-refractivity contribution < 1.29 is 18.7 Å². The van der Waals surface area contributed by atoms with Crippen LogP contribution in [0.15, 0.2) is 60.2 Å². The molecule has 4 aliphatic rings. The maximum Gasteiger partial charge on any atom is 0.196 e. The molecule has 2 heterocycles. The average Bonchev–Trinajstić information content (AvgIpc) is 3.58. The van der Waals surface area contributed by atoms with Crippen molar-refractivity contribution in [2.24, 2.45) is 11.7 Å². The van der Waals surface area contributed by atoms with E-state index < -0.39 is 5.82 Å². The first-order chi connectivity index (χ1) is 20.5. The zero-order valence-corrected chi connectivity index (χ0v) is 25.7. The Hall–Kier alpha value is -3.39. The van der Waals surface area contributed by atoms with E-state index in [0.717, 1.165) is 48.6 Å². The Morgan fingerprint density at radius 1 is 1.00 bits per heavy atom. The second-order valence-electron chi connectivity index (χ2n) is 11.4. The summed E-state index contributed by atoms with van der Waals surface area (Å²) in [6.07, 6.45) is 10.8. The molecule has 3 aromatic rings. The third-order valence-electron chi connectivity index (χ3n) is 8.82. The predicted molar refractivity (Wildman–Crippen MR) is 172 cm³/mol. The first kappa shape index (κ1) is 32.5. The summed E-state index contributed by atoms with van der Waals surface area (Å²) >= 11 is 0. The van der Waals surface area contributed by atoms with Crippen LogP contribution < -0.4 is 16.6 Å². The van der Waals surface area contributed by atoms with Gasteiger partial charge in [-0.25, -0.2) is 4.39 Å². The molecule has 0 aromatic heterocycles. The Morgan fingerprint density at radius 2 is 1.72 bits per heavy atom. The maximum atomic E-state index is 14.4. The van der Waals surface area contributed by atoms with Gasteiger partial charge in [0.2, 0.25) is 0 Å². The van der Waals surface area contributed by atoms with Crippen LogP contribution in [0.25, 0.3) is 10.8 Å². The molecule has 5 N–H and O–H groups in total. The summed E-state index contributed by atoms with van der Waals surface area (Å²) in [5.74, 6) is -0.396. The number of likely N-dealkylation sites (tertiary alicyclic amines) is 1. The van der Waals surface area contributed by atoms with Crippen molar-refractivity contribution in [3.05, 3.63) is 82.7 Å². The number of carbonyl (C=O) groups is 2. The molecule has 7 heteroatoms. The Morgan fingerprint density at radius 3 is 2.44 bits per heavy atom. The lowest BCUT2D eigenvalue weighted by molar-refractivity contribution is -0.118. The van der Waals surface area contributed by atoms with Gasteiger partial charge in [0.1, 0.15) is 17.3 Å². The van der Waals surface area contributed by atoms with Gasteiger partial charge in [-0.15, -0.1) is 0 Å². The highest BCUT2D eigenvalue weighted by molar-refractivity contribution is 6.28. The molecule has 43 heavy (non-hydrogen) atoms. The normalized spacial score (nSPS) is 18.9. The summed E-state index contributed by atoms with van der Waals surface area (Å²) in [4.78, 5) is 28.9. The number of carbonyl (C=O) groups excluding carboxylic acids is 2. The fourth-order valence-corrected chi connectivity index (χ4v) is 6.73. The summed E-state index contributed by atoms with van der Waals surface area (Å²) in [5, 5.41) is 1.95. The zero-order chi connectivity index (χ0) is 29.6. The minimum absolute atomic E-state index is 0. The number of rotatable bonds is 5. The van der Waals surface area contributed by atoms with Crippen LogP contribution in [0.4, 0.5) is 4.39 Å². The molecule has 1 unspecified atom stereocenters. The van der Waals surface area contributed by atoms with Gasteiger partial charge in [0.15, 0.2) is 11.6 Å². The molecule has 1 saturated carbocycles. The lowest BCUT2D eigenvalue weighted by atomic mass is 9.75. The van der Waals surface area contributed by atoms with E-state index in [1.165, 1.54) is 57.5 Å². The molecule has 3 aromatic carbocycles. The Balaban J connectivity index is 0.000000278. The van der Waals surface area contributed by atoms with E-state index in [1.54, 1.807) is 6.08 Å². The molecule has 230 valence electrons. The largest absolute Gasteiger partial charge is 0.456 e. The molecule has 2 fully saturated rings. The van der Waals surface area contributed by atoms with Crippen LogP contribution in [-0.2, 0) is 4.79 Å². The van der Waals surface area contributed by atoms with E-state index in [-0.39, 0.29) is 40.7 Å². The van der Waals surface area contributed by atoms with E-state index in [4.69, 9.17) is 10.5 Å². The van der Waals surface area contributed by atoms with Crippen LogP contribution in [0.1, 0.15) is 92.6 Å². The summed E-state index contributed by atoms with van der Waals surface area (Å²) < 4.78 is 20.6. The van der Waals surface area contributed by atoms with Gasteiger partial charge in [0, 0.05) is 40.0 Å². The topological polar surface area (TPSA) is 108 Å². The van der Waals surface area contributed by atoms with Gasteiger partial charge in [-0.3, -0.25) is 9.59 Å². The number of nitrogens with two attached hydrogens (primary N) is 1. The van der Waals surface area contributed by atoms with Crippen molar-refractivity contribution >= 4 is 22.3 Å². The van der Waals surface area contributed by atoms with Crippen molar-refractivity contribution in [1.82, 2.24) is 11.1 Å². The van der Waals surface area contributed by atoms with Gasteiger partial charge in [-0.2, -0.15) is 0 Å². The molecule has 0 radical (unpaired) electrons. The standard InChI is InChI=1S/C26H19FO3.C8H18N2.C2H6.H3N/c27-16-11-20-23-19(13-21(25(20)29)24(28)15-6-1-2-7-15)18-10-9-14-5-3-4-8-17(14)26(18)30-22(23)12-16;9-5-4-8-10-6-2-1-3-7-10;1-2;/h3-5,8-13,15,19H,1-2,6-7H2;1-9H2;1-2H3;1H3. The molecule has 0 bridgehead atoms. The molecule has 7 rings (SSSR count). The van der Waals surface area contributed by atoms with E-state index >= 15 is 0 Å². The second-order valence-corrected chi connectivity index (χ2v) is 11.4. The number of fused-ring (bicyclic) bond motifs is 4. The summed E-state index contributed by atoms with van der Waals surface area (Å²) in [6.45, 7) is 8.67. The number of nitrogens with zero attached hydrogens (tertiary/aromatic N) is 1. The number of ether oxygens (including phenoxy) is 1. The number of allylic oxidation sites excluding steroid dienone is 2. The van der Waals surface area contributed by atoms with E-state index in [1.807, 2.05) is 50.2 Å². The molecular weight excluding hydrogens is 541 g/mol. The Bertz CT molecular complexity index is 1470. The van der Waals surface area contributed by atoms with Gasteiger partial charge in [0.25, 0.3) is 0 Å². The van der Waals surface area contributed by atoms with Crippen LogP contribution in [0.5, 0.6) is 11.5 Å². The van der Waals surface area contributed by atoms with Gasteiger partial charge in [0.05, 0.1) is 5.57 Å². The van der Waals surface area contributed by atoms with Crippen LogP contribution >= 0.6 is 0 Å². The molecule has 2 aliphatic heterocycles. The minimum Gasteiger partial charge on any atom is -0.456 e. The van der Waals surface area contributed by atoms with Crippen molar-refractivity contribution in [2.75, 3.05) is 26.2 Å². The van der Waals surface area contributed by atoms with Gasteiger partial charge < -0.3 is 21.5 Å². The van der Waals surface area contributed by atoms with Gasteiger partial charge >= 0.3 is 0 Å². The highest BCUT2D eigenvalue weighted by Crippen LogP contribution is 2.52. The lowest BCUT2D eigenvalue weighted by Crippen LogP contribution is -2.31. The summed E-state index contributed by atoms with van der Waals surface area (Å²) in [6, 6.07) is 14.5. The van der Waals surface area contributed by atoms with Crippen molar-refractivity contribution in [2.45, 2.75) is 71.1 Å². The minimum atomic E-state index is -0.533. The maximum absolute atomic E-state index is 14.4. The number of halogens is 1. The zero-order valence-electron chi connectivity index (χ0n) is 25.7. The second kappa shape index (κ2) is 14.9. The monoisotopic (exact) mass is 587 g/mol. The number of hydrogen-bond acceptors (Lipinski definition) is 6. The molecule has 1 saturated heterocycles. The average molecular weight is 588 g/mol. The fraction of sp³-hybridized carbons (Fsp3) is 0.444. The van der Waals surface area contributed by atoms with Crippen LogP contribution in [-0.4, -0.2) is 42.6 Å². The molecular formula is C36H46FN3O3. The Kier molecular flexibility index (Phi) is 11.2. The first-order valence-corrected chi connectivity index (χ1v) is 15.8. The number of benzene rings is 3. The molecule has 1 atom stereocenters. The molecule has 0 spiro atoms.